The van der Waals surface area contributed by atoms with Gasteiger partial charge in [-0.2, -0.15) is 0 Å². The van der Waals surface area contributed by atoms with Crippen LogP contribution >= 0.6 is 0 Å². The van der Waals surface area contributed by atoms with Crippen LogP contribution in [0.2, 0.25) is 0 Å². The monoisotopic (exact) mass is 368 g/mol. The molecule has 0 bridgehead atoms. The van der Waals surface area contributed by atoms with Crippen molar-refractivity contribution in [1.82, 2.24) is 9.97 Å². The Kier molecular flexibility index (Phi) is 6.17. The molecule has 0 unspecified atom stereocenters. The molecule has 144 valence electrons. The summed E-state index contributed by atoms with van der Waals surface area (Å²) >= 11 is 0. The van der Waals surface area contributed by atoms with Gasteiger partial charge in [0, 0.05) is 32.2 Å². The number of anilines is 2. The summed E-state index contributed by atoms with van der Waals surface area (Å²) in [6, 6.07) is 12.7. The maximum atomic E-state index is 6.11. The van der Waals surface area contributed by atoms with Crippen LogP contribution < -0.4 is 9.80 Å². The Hall–Kier alpha value is -2.18. The van der Waals surface area contributed by atoms with Gasteiger partial charge in [-0.15, -0.1) is 0 Å². The molecule has 0 saturated carbocycles. The first kappa shape index (κ1) is 18.2. The van der Waals surface area contributed by atoms with Gasteiger partial charge in [-0.25, -0.2) is 9.97 Å². The summed E-state index contributed by atoms with van der Waals surface area (Å²) in [5.41, 5.74) is 1.34. The average molecular weight is 368 g/mol. The second-order valence-corrected chi connectivity index (χ2v) is 7.13. The predicted octanol–water partition coefficient (Wildman–Crippen LogP) is 2.54. The molecule has 0 amide bonds. The van der Waals surface area contributed by atoms with Crippen LogP contribution in [0, 0.1) is 0 Å². The number of ether oxygens (including phenoxy) is 2. The molecule has 0 N–H and O–H groups in total. The number of nitrogens with zero attached hydrogens (tertiary/aromatic N) is 4. The van der Waals surface area contributed by atoms with Gasteiger partial charge in [-0.3, -0.25) is 0 Å². The number of rotatable bonds is 6. The smallest absolute Gasteiger partial charge is 0.134 e. The van der Waals surface area contributed by atoms with E-state index in [2.05, 4.69) is 56.2 Å². The van der Waals surface area contributed by atoms with Crippen molar-refractivity contribution in [1.29, 1.82) is 0 Å². The maximum Gasteiger partial charge on any atom is 0.134 e. The highest BCUT2D eigenvalue weighted by molar-refractivity contribution is 5.50. The van der Waals surface area contributed by atoms with Crippen molar-refractivity contribution in [2.45, 2.75) is 25.4 Å². The second kappa shape index (κ2) is 9.15. The SMILES string of the molecule is c1ccc(CCOC2CCN(c3cc(N4CCOCC4)ncn3)CC2)cc1. The van der Waals surface area contributed by atoms with Crippen LogP contribution in [0.1, 0.15) is 18.4 Å². The van der Waals surface area contributed by atoms with E-state index in [1.807, 2.05) is 0 Å². The minimum atomic E-state index is 0.352. The highest BCUT2D eigenvalue weighted by Gasteiger charge is 2.22. The fourth-order valence-electron chi connectivity index (χ4n) is 3.72. The van der Waals surface area contributed by atoms with Gasteiger partial charge in [-0.05, 0) is 24.8 Å². The first-order valence-electron chi connectivity index (χ1n) is 9.94. The molecule has 0 spiro atoms. The third-order valence-corrected chi connectivity index (χ3v) is 5.33. The lowest BCUT2D eigenvalue weighted by atomic mass is 10.1. The summed E-state index contributed by atoms with van der Waals surface area (Å²) in [5.74, 6) is 2.03. The molecule has 6 nitrogen and oxygen atoms in total. The van der Waals surface area contributed by atoms with Crippen LogP contribution in [0.3, 0.4) is 0 Å². The molecule has 0 radical (unpaired) electrons. The first-order valence-corrected chi connectivity index (χ1v) is 9.94. The average Bonchev–Trinajstić information content (AvgIpc) is 2.76. The zero-order chi connectivity index (χ0) is 18.3. The Morgan fingerprint density at radius 3 is 2.30 bits per heavy atom. The van der Waals surface area contributed by atoms with Gasteiger partial charge in [0.1, 0.15) is 18.0 Å². The Morgan fingerprint density at radius 1 is 0.926 bits per heavy atom. The molecule has 0 aliphatic carbocycles. The van der Waals surface area contributed by atoms with E-state index in [1.54, 1.807) is 6.33 Å². The highest BCUT2D eigenvalue weighted by atomic mass is 16.5. The van der Waals surface area contributed by atoms with Crippen molar-refractivity contribution >= 4 is 11.6 Å². The van der Waals surface area contributed by atoms with Gasteiger partial charge < -0.3 is 19.3 Å². The third kappa shape index (κ3) is 4.96. The normalized spacial score (nSPS) is 18.7. The zero-order valence-electron chi connectivity index (χ0n) is 15.8. The minimum absolute atomic E-state index is 0.352. The highest BCUT2D eigenvalue weighted by Crippen LogP contribution is 2.23. The number of aromatic nitrogens is 2. The number of benzene rings is 1. The van der Waals surface area contributed by atoms with Crippen molar-refractivity contribution < 1.29 is 9.47 Å². The molecule has 2 saturated heterocycles. The maximum absolute atomic E-state index is 6.11. The fourth-order valence-corrected chi connectivity index (χ4v) is 3.72. The van der Waals surface area contributed by atoms with E-state index in [-0.39, 0.29) is 0 Å². The third-order valence-electron chi connectivity index (χ3n) is 5.33. The van der Waals surface area contributed by atoms with Crippen LogP contribution in [0.5, 0.6) is 0 Å². The van der Waals surface area contributed by atoms with Crippen molar-refractivity contribution in [3.05, 3.63) is 48.3 Å². The molecule has 1 aromatic heterocycles. The van der Waals surface area contributed by atoms with Gasteiger partial charge in [0.05, 0.1) is 25.9 Å². The van der Waals surface area contributed by atoms with Crippen LogP contribution in [0.4, 0.5) is 11.6 Å². The van der Waals surface area contributed by atoms with E-state index in [9.17, 15) is 0 Å². The number of morpholine rings is 1. The van der Waals surface area contributed by atoms with Crippen LogP contribution in [-0.4, -0.2) is 62.1 Å². The van der Waals surface area contributed by atoms with Crippen LogP contribution in [0.25, 0.3) is 0 Å². The van der Waals surface area contributed by atoms with Crippen LogP contribution in [-0.2, 0) is 15.9 Å². The summed E-state index contributed by atoms with van der Waals surface area (Å²) in [7, 11) is 0. The molecular formula is C21H28N4O2. The molecule has 3 heterocycles. The van der Waals surface area contributed by atoms with E-state index in [0.29, 0.717) is 6.10 Å². The molecule has 2 aliphatic rings. The minimum Gasteiger partial charge on any atom is -0.378 e. The van der Waals surface area contributed by atoms with Gasteiger partial charge in [0.25, 0.3) is 0 Å². The molecule has 2 aromatic rings. The molecule has 1 aromatic carbocycles. The van der Waals surface area contributed by atoms with E-state index in [1.165, 1.54) is 5.56 Å². The molecular weight excluding hydrogens is 340 g/mol. The lowest BCUT2D eigenvalue weighted by Gasteiger charge is -2.33. The van der Waals surface area contributed by atoms with E-state index < -0.39 is 0 Å². The van der Waals surface area contributed by atoms with Crippen LogP contribution in [0.15, 0.2) is 42.7 Å². The summed E-state index contributed by atoms with van der Waals surface area (Å²) in [5, 5.41) is 0. The topological polar surface area (TPSA) is 50.7 Å². The van der Waals surface area contributed by atoms with Crippen molar-refractivity contribution in [3.63, 3.8) is 0 Å². The van der Waals surface area contributed by atoms with E-state index in [4.69, 9.17) is 9.47 Å². The number of hydrogen-bond acceptors (Lipinski definition) is 6. The molecule has 2 aliphatic heterocycles. The molecule has 2 fully saturated rings. The summed E-state index contributed by atoms with van der Waals surface area (Å²) in [4.78, 5) is 13.6. The Morgan fingerprint density at radius 2 is 1.59 bits per heavy atom. The largest absolute Gasteiger partial charge is 0.378 e. The standard InChI is InChI=1S/C21H28N4O2/c1-2-4-18(5-3-1)8-13-27-19-6-9-24(10-7-19)20-16-21(23-17-22-20)25-11-14-26-15-12-25/h1-5,16-17,19H,6-15H2. The Balaban J connectivity index is 1.25. The first-order chi connectivity index (χ1) is 13.4. The van der Waals surface area contributed by atoms with Gasteiger partial charge in [0.2, 0.25) is 0 Å². The molecule has 27 heavy (non-hydrogen) atoms. The Bertz CT molecular complexity index is 698. The number of hydrogen-bond donors (Lipinski definition) is 0. The Labute approximate surface area is 161 Å². The summed E-state index contributed by atoms with van der Waals surface area (Å²) in [6.45, 7) is 6.09. The van der Waals surface area contributed by atoms with Crippen molar-refractivity contribution in [3.8, 4) is 0 Å². The summed E-state index contributed by atoms with van der Waals surface area (Å²) < 4.78 is 11.5. The quantitative estimate of drug-likeness (QED) is 0.781. The van der Waals surface area contributed by atoms with E-state index >= 15 is 0 Å². The second-order valence-electron chi connectivity index (χ2n) is 7.13. The molecule has 4 rings (SSSR count). The summed E-state index contributed by atoms with van der Waals surface area (Å²) in [6.07, 6.45) is 5.11. The predicted molar refractivity (Wildman–Crippen MR) is 106 cm³/mol. The van der Waals surface area contributed by atoms with Gasteiger partial charge >= 0.3 is 0 Å². The lowest BCUT2D eigenvalue weighted by Crippen LogP contribution is -2.39. The zero-order valence-corrected chi connectivity index (χ0v) is 15.8. The van der Waals surface area contributed by atoms with Crippen molar-refractivity contribution in [2.75, 3.05) is 55.8 Å². The molecule has 0 atom stereocenters. The molecule has 6 heteroatoms. The van der Waals surface area contributed by atoms with Crippen molar-refractivity contribution in [2.24, 2.45) is 0 Å². The van der Waals surface area contributed by atoms with E-state index in [0.717, 1.165) is 76.9 Å². The van der Waals surface area contributed by atoms with Gasteiger partial charge in [0.15, 0.2) is 0 Å². The van der Waals surface area contributed by atoms with Gasteiger partial charge in [-0.1, -0.05) is 30.3 Å². The number of piperidine rings is 1. The lowest BCUT2D eigenvalue weighted by molar-refractivity contribution is 0.0390. The fraction of sp³-hybridized carbons (Fsp3) is 0.524.